The summed E-state index contributed by atoms with van der Waals surface area (Å²) in [5.74, 6) is 1.50. The highest BCUT2D eigenvalue weighted by Gasteiger charge is 2.50. The fourth-order valence-corrected chi connectivity index (χ4v) is 2.87. The van der Waals surface area contributed by atoms with Gasteiger partial charge in [0, 0.05) is 19.3 Å². The molecule has 0 bridgehead atoms. The monoisotopic (exact) mass is 257 g/mol. The van der Waals surface area contributed by atoms with Crippen molar-refractivity contribution in [2.24, 2.45) is 11.7 Å². The van der Waals surface area contributed by atoms with E-state index in [-0.39, 0.29) is 5.54 Å². The fourth-order valence-electron chi connectivity index (χ4n) is 2.37. The fraction of sp³-hybridized carbons (Fsp3) is 0.545. The van der Waals surface area contributed by atoms with Crippen LogP contribution in [-0.4, -0.2) is 23.6 Å². The van der Waals surface area contributed by atoms with Gasteiger partial charge < -0.3 is 10.6 Å². The van der Waals surface area contributed by atoms with E-state index in [0.717, 1.165) is 18.9 Å². The molecule has 0 aromatic carbocycles. The van der Waals surface area contributed by atoms with E-state index in [1.54, 1.807) is 12.3 Å². The van der Waals surface area contributed by atoms with Gasteiger partial charge in [-0.25, -0.2) is 4.98 Å². The van der Waals surface area contributed by atoms with Crippen LogP contribution in [0.4, 0.5) is 5.82 Å². The van der Waals surface area contributed by atoms with Crippen LogP contribution in [0.25, 0.3) is 0 Å². The van der Waals surface area contributed by atoms with E-state index in [9.17, 15) is 0 Å². The molecule has 2 fully saturated rings. The summed E-state index contributed by atoms with van der Waals surface area (Å²) >= 11 is 11.9. The van der Waals surface area contributed by atoms with Crippen LogP contribution in [0, 0.1) is 5.92 Å². The Balaban J connectivity index is 1.75. The molecule has 3 rings (SSSR count). The molecule has 2 N–H and O–H groups in total. The minimum absolute atomic E-state index is 0.00928. The lowest BCUT2D eigenvalue weighted by atomic mass is 9.86. The first-order valence-corrected chi connectivity index (χ1v) is 6.19. The van der Waals surface area contributed by atoms with Gasteiger partial charge in [0.05, 0.1) is 15.6 Å². The van der Waals surface area contributed by atoms with Crippen molar-refractivity contribution in [3.8, 4) is 0 Å². The molecule has 1 aromatic heterocycles. The number of nitrogens with two attached hydrogens (primary N) is 1. The molecule has 0 atom stereocenters. The molecule has 1 aliphatic carbocycles. The van der Waals surface area contributed by atoms with E-state index in [4.69, 9.17) is 28.9 Å². The van der Waals surface area contributed by atoms with Gasteiger partial charge in [0.15, 0.2) is 0 Å². The number of pyridine rings is 1. The van der Waals surface area contributed by atoms with Crippen LogP contribution in [0.15, 0.2) is 12.3 Å². The molecule has 1 saturated heterocycles. The third kappa shape index (κ3) is 1.67. The highest BCUT2D eigenvalue weighted by molar-refractivity contribution is 6.36. The third-order valence-electron chi connectivity index (χ3n) is 3.45. The highest BCUT2D eigenvalue weighted by atomic mass is 35.5. The predicted molar refractivity (Wildman–Crippen MR) is 66.1 cm³/mol. The Morgan fingerprint density at radius 1 is 1.38 bits per heavy atom. The lowest BCUT2D eigenvalue weighted by Crippen LogP contribution is -2.69. The number of nitrogens with zero attached hydrogens (tertiary/aromatic N) is 2. The first-order valence-electron chi connectivity index (χ1n) is 5.43. The third-order valence-corrected chi connectivity index (χ3v) is 3.93. The minimum atomic E-state index is -0.00928. The second kappa shape index (κ2) is 3.49. The van der Waals surface area contributed by atoms with E-state index in [0.29, 0.717) is 16.0 Å². The summed E-state index contributed by atoms with van der Waals surface area (Å²) in [5.41, 5.74) is 6.27. The van der Waals surface area contributed by atoms with Crippen molar-refractivity contribution in [1.29, 1.82) is 0 Å². The predicted octanol–water partition coefficient (Wildman–Crippen LogP) is 2.32. The molecular weight excluding hydrogens is 245 g/mol. The summed E-state index contributed by atoms with van der Waals surface area (Å²) in [7, 11) is 0. The quantitative estimate of drug-likeness (QED) is 0.885. The Kier molecular flexibility index (Phi) is 2.32. The van der Waals surface area contributed by atoms with Gasteiger partial charge in [0.2, 0.25) is 0 Å². The Bertz CT molecular complexity index is 425. The van der Waals surface area contributed by atoms with Gasteiger partial charge in [-0.2, -0.15) is 0 Å². The van der Waals surface area contributed by atoms with Crippen molar-refractivity contribution in [3.63, 3.8) is 0 Å². The summed E-state index contributed by atoms with van der Waals surface area (Å²) in [4.78, 5) is 6.37. The maximum atomic E-state index is 6.28. The first-order chi connectivity index (χ1) is 7.58. The number of halogens is 2. The van der Waals surface area contributed by atoms with Crippen LogP contribution in [0.2, 0.25) is 10.0 Å². The van der Waals surface area contributed by atoms with E-state index < -0.39 is 0 Å². The molecule has 1 aromatic rings. The van der Waals surface area contributed by atoms with Gasteiger partial charge >= 0.3 is 0 Å². The lowest BCUT2D eigenvalue weighted by Gasteiger charge is -2.49. The molecular formula is C11H13Cl2N3. The molecule has 0 unspecified atom stereocenters. The van der Waals surface area contributed by atoms with Gasteiger partial charge in [-0.05, 0) is 24.8 Å². The smallest absolute Gasteiger partial charge is 0.147 e. The normalized spacial score (nSPS) is 23.1. The van der Waals surface area contributed by atoms with Crippen molar-refractivity contribution >= 4 is 29.0 Å². The Morgan fingerprint density at radius 2 is 2.06 bits per heavy atom. The average molecular weight is 258 g/mol. The molecule has 0 amide bonds. The van der Waals surface area contributed by atoms with Gasteiger partial charge in [-0.1, -0.05) is 23.2 Å². The van der Waals surface area contributed by atoms with Crippen molar-refractivity contribution < 1.29 is 0 Å². The molecule has 2 heterocycles. The van der Waals surface area contributed by atoms with Gasteiger partial charge in [0.1, 0.15) is 5.82 Å². The summed E-state index contributed by atoms with van der Waals surface area (Å²) in [6.07, 6.45) is 4.16. The minimum Gasteiger partial charge on any atom is -0.352 e. The van der Waals surface area contributed by atoms with E-state index >= 15 is 0 Å². The zero-order chi connectivity index (χ0) is 11.3. The molecule has 0 spiro atoms. The second-order valence-corrected chi connectivity index (χ2v) is 5.67. The van der Waals surface area contributed by atoms with Crippen molar-refractivity contribution in [1.82, 2.24) is 4.98 Å². The zero-order valence-corrected chi connectivity index (χ0v) is 10.3. The van der Waals surface area contributed by atoms with Gasteiger partial charge in [-0.15, -0.1) is 0 Å². The number of anilines is 1. The first kappa shape index (κ1) is 10.6. The standard InChI is InChI=1S/C11H13Cl2N3/c12-8-3-9(13)10(15-4-8)16-5-11(14,6-16)7-1-2-7/h3-4,7H,1-2,5-6,14H2. The van der Waals surface area contributed by atoms with Crippen LogP contribution in [0.5, 0.6) is 0 Å². The summed E-state index contributed by atoms with van der Waals surface area (Å²) in [6, 6.07) is 1.72. The second-order valence-electron chi connectivity index (χ2n) is 4.82. The molecule has 5 heteroatoms. The average Bonchev–Trinajstić information content (AvgIpc) is 2.97. The molecule has 86 valence electrons. The number of hydrogen-bond acceptors (Lipinski definition) is 3. The molecule has 0 radical (unpaired) electrons. The number of aromatic nitrogens is 1. The van der Waals surface area contributed by atoms with Gasteiger partial charge in [-0.3, -0.25) is 0 Å². The van der Waals surface area contributed by atoms with Crippen LogP contribution >= 0.6 is 23.2 Å². The van der Waals surface area contributed by atoms with Crippen LogP contribution in [0.3, 0.4) is 0 Å². The Hall–Kier alpha value is -0.510. The van der Waals surface area contributed by atoms with Crippen molar-refractivity contribution in [3.05, 3.63) is 22.3 Å². The zero-order valence-electron chi connectivity index (χ0n) is 8.79. The maximum absolute atomic E-state index is 6.28. The molecule has 1 saturated carbocycles. The maximum Gasteiger partial charge on any atom is 0.147 e. The largest absolute Gasteiger partial charge is 0.352 e. The topological polar surface area (TPSA) is 42.1 Å². The van der Waals surface area contributed by atoms with E-state index in [1.807, 2.05) is 0 Å². The van der Waals surface area contributed by atoms with Gasteiger partial charge in [0.25, 0.3) is 0 Å². The van der Waals surface area contributed by atoms with Crippen molar-refractivity contribution in [2.75, 3.05) is 18.0 Å². The summed E-state index contributed by atoms with van der Waals surface area (Å²) in [5, 5.41) is 1.17. The Labute approximate surface area is 105 Å². The molecule has 16 heavy (non-hydrogen) atoms. The van der Waals surface area contributed by atoms with Crippen molar-refractivity contribution in [2.45, 2.75) is 18.4 Å². The van der Waals surface area contributed by atoms with Crippen LogP contribution in [-0.2, 0) is 0 Å². The highest BCUT2D eigenvalue weighted by Crippen LogP contribution is 2.44. The number of hydrogen-bond donors (Lipinski definition) is 1. The summed E-state index contributed by atoms with van der Waals surface area (Å²) in [6.45, 7) is 1.71. The molecule has 1 aliphatic heterocycles. The number of rotatable bonds is 2. The lowest BCUT2D eigenvalue weighted by molar-refractivity contribution is 0.289. The van der Waals surface area contributed by atoms with Crippen LogP contribution in [0.1, 0.15) is 12.8 Å². The van der Waals surface area contributed by atoms with Crippen LogP contribution < -0.4 is 10.6 Å². The van der Waals surface area contributed by atoms with E-state index in [1.165, 1.54) is 12.8 Å². The SMILES string of the molecule is NC1(C2CC2)CN(c2ncc(Cl)cc2Cl)C1. The molecule has 2 aliphatic rings. The Morgan fingerprint density at radius 3 is 2.62 bits per heavy atom. The summed E-state index contributed by atoms with van der Waals surface area (Å²) < 4.78 is 0. The molecule has 3 nitrogen and oxygen atoms in total. The van der Waals surface area contributed by atoms with E-state index in [2.05, 4.69) is 9.88 Å².